The van der Waals surface area contributed by atoms with Crippen molar-refractivity contribution in [2.45, 2.75) is 212 Å². The number of unbranched alkanes of at least 4 members (excludes halogenated alkanes) is 4. The molecule has 0 heterocycles. The number of Topliss-reactive ketones (excluding diaryl/α,β-unsaturated/α-hetero) is 5. The molecule has 6 unspecified atom stereocenters. The number of hydrogen-bond acceptors (Lipinski definition) is 20. The number of nitrogens with one attached hydrogen (secondary N) is 7. The molecular weight excluding hydrogens is 1760 g/mol. The molecule has 6 aromatic rings. The third-order valence-corrected chi connectivity index (χ3v) is 23.0. The average Bonchev–Trinajstić information content (AvgIpc) is 1.44. The third-order valence-electron chi connectivity index (χ3n) is 21.1. The van der Waals surface area contributed by atoms with E-state index >= 15 is 0 Å². The first-order valence-electron chi connectivity index (χ1n) is 43.0. The number of amides is 8. The van der Waals surface area contributed by atoms with Crippen LogP contribution in [0.25, 0.3) is 22.3 Å². The molecule has 0 fully saturated rings. The zero-order valence-electron chi connectivity index (χ0n) is 75.6. The fourth-order valence-electron chi connectivity index (χ4n) is 14.1. The van der Waals surface area contributed by atoms with Gasteiger partial charge in [-0.05, 0) is 180 Å². The molecule has 0 saturated carbocycles. The van der Waals surface area contributed by atoms with Crippen LogP contribution in [0.3, 0.4) is 0 Å². The number of halogens is 4. The molecule has 8 amide bonds. The number of rotatable bonds is 47. The maximum atomic E-state index is 13.8. The van der Waals surface area contributed by atoms with Crippen LogP contribution in [0.15, 0.2) is 158 Å². The Morgan fingerprint density at radius 1 is 0.417 bits per heavy atom. The second-order valence-corrected chi connectivity index (χ2v) is 35.2. The summed E-state index contributed by atoms with van der Waals surface area (Å²) in [6.45, 7) is 18.7. The van der Waals surface area contributed by atoms with Crippen molar-refractivity contribution in [1.82, 2.24) is 37.2 Å². The fraction of sp³-hybridized carbons (Fsp3) is 0.447. The minimum Gasteiger partial charge on any atom is -0.465 e. The Morgan fingerprint density at radius 2 is 0.735 bits per heavy atom. The number of alkyl halides is 4. The van der Waals surface area contributed by atoms with Gasteiger partial charge in [0.05, 0.1) is 18.1 Å². The molecule has 6 aromatic carbocycles. The Morgan fingerprint density at radius 3 is 1.05 bits per heavy atom. The van der Waals surface area contributed by atoms with Gasteiger partial charge < -0.3 is 92.1 Å². The Balaban J connectivity index is 0.000000357. The van der Waals surface area contributed by atoms with E-state index in [0.717, 1.165) is 59.4 Å². The lowest BCUT2D eigenvalue weighted by Gasteiger charge is -2.21. The molecule has 2 aliphatic rings. The standard InChI is InChI=1S/C26H30N2O5.C22H31F2N2O7P.C21H30F2N3O7P.C16H14O2.C9H18N2O2/c1-3-16-32-25(30)27-15-9-8-14-24(18(2)29)28-26(31)33-17-23-21-12-6-4-10-19(21)20-11-5-7-13-22(20)23;1-14(27)12-18(13-17-7-9-19(10-8-17)22(23,24)34(31,32)33)21(30)26-20(15(2)28)6-4-5-11-25-16(3)29;1-13(27)11-16(12-15-6-8-17(9-7-15)21(22,23)34(31,32)33)20(30)26-18(19(24)29)5-3-4-10-25-14(2)28;1-11(17)18-10-16-14-8-4-2-6-12(14)13-7-3-5-9-15(13)16;1-7(12)9(10)5-3-4-6-11-8(2)13/h3-7,10-13,23-24H,1,8-9,14-17H2,2H3,(H,27,30)(H,28,31);7-10,18,20H,4-6,11-13H2,1-3H3,(H,25,29)(H,26,30)(H2,31,32,33);6-9,16,18H,3-5,10-12H2,1-2H3,(H2,24,29)(H,25,28)(H,26,30)(H2,31,32,33);2-9,16H,10H2,1H3;9H,3-6,10H2,1-2H3,(H,11,13). The van der Waals surface area contributed by atoms with E-state index in [2.05, 4.69) is 92.3 Å². The van der Waals surface area contributed by atoms with Gasteiger partial charge in [0.15, 0.2) is 11.6 Å². The maximum absolute atomic E-state index is 13.8. The van der Waals surface area contributed by atoms with E-state index in [0.29, 0.717) is 102 Å². The highest BCUT2D eigenvalue weighted by atomic mass is 31.2. The van der Waals surface area contributed by atoms with Gasteiger partial charge in [0.1, 0.15) is 43.2 Å². The van der Waals surface area contributed by atoms with E-state index < -0.39 is 97.5 Å². The first kappa shape index (κ1) is 113. The van der Waals surface area contributed by atoms with Gasteiger partial charge >= 0.3 is 44.7 Å². The minimum absolute atomic E-state index is 0.000329. The normalized spacial score (nSPS) is 13.2. The number of primary amides is 1. The van der Waals surface area contributed by atoms with E-state index in [1.54, 1.807) is 0 Å². The number of carbonyl (C=O) groups excluding carboxylic acids is 14. The molecule has 8 rings (SSSR count). The molecule has 6 atom stereocenters. The molecule has 0 spiro atoms. The first-order valence-corrected chi connectivity index (χ1v) is 46.2. The van der Waals surface area contributed by atoms with Gasteiger partial charge in [-0.25, -0.2) is 9.59 Å². The highest BCUT2D eigenvalue weighted by molar-refractivity contribution is 7.53. The van der Waals surface area contributed by atoms with Gasteiger partial charge in [-0.2, -0.15) is 17.6 Å². The van der Waals surface area contributed by atoms with E-state index in [-0.39, 0.29) is 116 Å². The van der Waals surface area contributed by atoms with Crippen LogP contribution < -0.4 is 48.7 Å². The molecule has 132 heavy (non-hydrogen) atoms. The van der Waals surface area contributed by atoms with Crippen molar-refractivity contribution >= 4 is 97.7 Å². The molecule has 0 aliphatic heterocycles. The number of hydrogen-bond donors (Lipinski definition) is 13. The fourth-order valence-corrected chi connectivity index (χ4v) is 15.1. The average molecular weight is 1880 g/mol. The van der Waals surface area contributed by atoms with Crippen molar-refractivity contribution in [3.8, 4) is 22.3 Å². The molecule has 0 bridgehead atoms. The number of esters is 1. The monoisotopic (exact) mass is 1880 g/mol. The highest BCUT2D eigenvalue weighted by Gasteiger charge is 2.51. The molecule has 720 valence electrons. The van der Waals surface area contributed by atoms with Crippen molar-refractivity contribution in [1.29, 1.82) is 0 Å². The summed E-state index contributed by atoms with van der Waals surface area (Å²) in [5.41, 5.74) is 10.8. The first-order chi connectivity index (χ1) is 62.1. The summed E-state index contributed by atoms with van der Waals surface area (Å²) >= 11 is 0. The predicted molar refractivity (Wildman–Crippen MR) is 486 cm³/mol. The number of fused-ring (bicyclic) bond motifs is 6. The summed E-state index contributed by atoms with van der Waals surface area (Å²) in [5, 5.41) is 18.4. The van der Waals surface area contributed by atoms with Crippen LogP contribution in [0.4, 0.5) is 27.2 Å². The lowest BCUT2D eigenvalue weighted by atomic mass is 9.92. The SMILES string of the molecule is C=CCOC(=O)NCCCCC(NC(=O)OCC1c2ccccc2-c2ccccc21)C(C)=O.CC(=O)CC(Cc1ccc(C(F)(F)P(=O)(O)O)cc1)C(=O)NC(CCCCNC(C)=O)C(C)=O.CC(=O)CC(Cc1ccc(C(F)(F)P(=O)(O)O)cc1)C(=O)NC(CCCCNC(C)=O)C(N)=O.CC(=O)NCCCCC(N)C(C)=O.CC(=O)OCC1c2ccccc2-c2ccccc21. The summed E-state index contributed by atoms with van der Waals surface area (Å²) in [6.07, 6.45) is 7.03. The zero-order chi connectivity index (χ0) is 98.6. The zero-order valence-corrected chi connectivity index (χ0v) is 77.4. The molecular formula is C94H123F4N9O23P2. The molecule has 0 saturated heterocycles. The summed E-state index contributed by atoms with van der Waals surface area (Å²) in [4.78, 5) is 198. The van der Waals surface area contributed by atoms with Gasteiger partial charge in [-0.15, -0.1) is 0 Å². The number of nitrogens with two attached hydrogens (primary N) is 2. The Kier molecular flexibility index (Phi) is 47.9. The Bertz CT molecular complexity index is 4770. The Labute approximate surface area is 765 Å². The lowest BCUT2D eigenvalue weighted by molar-refractivity contribution is -0.141. The van der Waals surface area contributed by atoms with Crippen LogP contribution in [0.1, 0.15) is 209 Å². The van der Waals surface area contributed by atoms with Gasteiger partial charge in [-0.3, -0.25) is 57.1 Å². The summed E-state index contributed by atoms with van der Waals surface area (Å²) in [7, 11) is -11.4. The topological polar surface area (TPSA) is 518 Å². The van der Waals surface area contributed by atoms with Crippen molar-refractivity contribution in [2.24, 2.45) is 23.3 Å². The largest absolute Gasteiger partial charge is 0.465 e. The predicted octanol–water partition coefficient (Wildman–Crippen LogP) is 11.9. The third kappa shape index (κ3) is 38.9. The molecule has 32 nitrogen and oxygen atoms in total. The van der Waals surface area contributed by atoms with Crippen molar-refractivity contribution in [2.75, 3.05) is 46.0 Å². The second-order valence-electron chi connectivity index (χ2n) is 31.9. The van der Waals surface area contributed by atoms with Crippen LogP contribution in [0.2, 0.25) is 0 Å². The minimum atomic E-state index is -5.72. The van der Waals surface area contributed by atoms with E-state index in [1.807, 2.05) is 48.5 Å². The van der Waals surface area contributed by atoms with Crippen LogP contribution in [-0.4, -0.2) is 172 Å². The van der Waals surface area contributed by atoms with E-state index in [9.17, 15) is 93.8 Å². The van der Waals surface area contributed by atoms with Gasteiger partial charge in [-0.1, -0.05) is 158 Å². The van der Waals surface area contributed by atoms with Gasteiger partial charge in [0, 0.05) is 102 Å². The van der Waals surface area contributed by atoms with Crippen LogP contribution in [0, 0.1) is 11.8 Å². The number of carbonyl (C=O) groups is 14. The van der Waals surface area contributed by atoms with E-state index in [4.69, 9.17) is 45.3 Å². The quantitative estimate of drug-likeness (QED) is 0.00421. The van der Waals surface area contributed by atoms with Crippen LogP contribution in [0.5, 0.6) is 0 Å². The van der Waals surface area contributed by atoms with Gasteiger partial charge in [0.25, 0.3) is 0 Å². The lowest BCUT2D eigenvalue weighted by Crippen LogP contribution is -2.47. The Hall–Kier alpha value is -11.8. The highest BCUT2D eigenvalue weighted by Crippen LogP contribution is 2.60. The van der Waals surface area contributed by atoms with Crippen LogP contribution in [-0.2, 0) is 105 Å². The smallest absolute Gasteiger partial charge is 0.407 e. The van der Waals surface area contributed by atoms with Gasteiger partial charge in [0.2, 0.25) is 35.4 Å². The number of benzene rings is 6. The number of ether oxygens (including phenoxy) is 3. The van der Waals surface area contributed by atoms with Crippen molar-refractivity contribution in [3.63, 3.8) is 0 Å². The summed E-state index contributed by atoms with van der Waals surface area (Å²) in [5.74, 6) is -5.15. The molecule has 38 heteroatoms. The second kappa shape index (κ2) is 56.2. The summed E-state index contributed by atoms with van der Waals surface area (Å²) < 4.78 is 93.0. The van der Waals surface area contributed by atoms with Crippen molar-refractivity contribution < 1.29 is 128 Å². The molecule has 0 radical (unpaired) electrons. The molecule has 2 aliphatic carbocycles. The number of ketones is 5. The summed E-state index contributed by atoms with van der Waals surface area (Å²) in [6, 6.07) is 38.4. The molecule has 0 aromatic heterocycles. The van der Waals surface area contributed by atoms with Crippen molar-refractivity contribution in [3.05, 3.63) is 203 Å². The van der Waals surface area contributed by atoms with Crippen LogP contribution >= 0.6 is 15.2 Å². The maximum Gasteiger partial charge on any atom is 0.407 e. The van der Waals surface area contributed by atoms with E-state index in [1.165, 1.54) is 115 Å². The molecule has 15 N–H and O–H groups in total. The number of alkyl carbamates (subject to hydrolysis) is 2.